The molecule has 1 aromatic carbocycles. The largest absolute Gasteiger partial charge is 0.496 e. The van der Waals surface area contributed by atoms with Crippen molar-refractivity contribution in [3.8, 4) is 5.75 Å². The second kappa shape index (κ2) is 4.78. The Balaban J connectivity index is 2.49. The Morgan fingerprint density at radius 3 is 2.39 bits per heavy atom. The van der Waals surface area contributed by atoms with Crippen LogP contribution in [0.5, 0.6) is 5.75 Å². The van der Waals surface area contributed by atoms with E-state index in [9.17, 15) is 0 Å². The normalized spacial score (nSPS) is 18.3. The Hall–Kier alpha value is -0.670. The summed E-state index contributed by atoms with van der Waals surface area (Å²) in [7, 11) is 1.72. The van der Waals surface area contributed by atoms with Gasteiger partial charge in [-0.25, -0.2) is 0 Å². The molecule has 1 heterocycles. The van der Waals surface area contributed by atoms with Gasteiger partial charge in [-0.2, -0.15) is 12.6 Å². The average Bonchev–Trinajstić information content (AvgIpc) is 2.27. The molecule has 0 radical (unpaired) electrons. The van der Waals surface area contributed by atoms with Crippen LogP contribution in [0.4, 0.5) is 0 Å². The highest BCUT2D eigenvalue weighted by Crippen LogP contribution is 2.40. The highest BCUT2D eigenvalue weighted by Gasteiger charge is 2.41. The molecule has 0 N–H and O–H groups in total. The van der Waals surface area contributed by atoms with Gasteiger partial charge in [-0.05, 0) is 17.0 Å². The number of benzene rings is 1. The van der Waals surface area contributed by atoms with Crippen molar-refractivity contribution in [2.45, 2.75) is 31.6 Å². The summed E-state index contributed by atoms with van der Waals surface area (Å²) >= 11 is 4.50. The molecule has 0 unspecified atom stereocenters. The molecule has 0 saturated carbocycles. The maximum absolute atomic E-state index is 5.51. The van der Waals surface area contributed by atoms with E-state index in [2.05, 4.69) is 51.6 Å². The summed E-state index contributed by atoms with van der Waals surface area (Å²) in [4.78, 5) is 0. The van der Waals surface area contributed by atoms with Gasteiger partial charge in [0, 0.05) is 11.3 Å². The molecule has 1 aliphatic rings. The molecule has 1 saturated heterocycles. The lowest BCUT2D eigenvalue weighted by atomic mass is 9.76. The third kappa shape index (κ3) is 2.26. The highest BCUT2D eigenvalue weighted by molar-refractivity contribution is 7.80. The Morgan fingerprint density at radius 1 is 1.33 bits per heavy atom. The number of ether oxygens (including phenoxy) is 2. The summed E-state index contributed by atoms with van der Waals surface area (Å²) < 4.78 is 10.9. The van der Waals surface area contributed by atoms with E-state index in [1.807, 2.05) is 0 Å². The second-order valence-corrected chi connectivity index (χ2v) is 6.41. The van der Waals surface area contributed by atoms with Gasteiger partial charge in [0.2, 0.25) is 0 Å². The van der Waals surface area contributed by atoms with Gasteiger partial charge >= 0.3 is 0 Å². The molecule has 0 aliphatic carbocycles. The first kappa shape index (κ1) is 13.8. The van der Waals surface area contributed by atoms with Crippen molar-refractivity contribution in [1.82, 2.24) is 0 Å². The lowest BCUT2D eigenvalue weighted by molar-refractivity contribution is -0.0480. The predicted octanol–water partition coefficient (Wildman–Crippen LogP) is 3.19. The van der Waals surface area contributed by atoms with E-state index in [0.29, 0.717) is 0 Å². The van der Waals surface area contributed by atoms with E-state index in [-0.39, 0.29) is 10.8 Å². The number of hydrogen-bond acceptors (Lipinski definition) is 3. The zero-order valence-corrected chi connectivity index (χ0v) is 12.5. The molecule has 3 heteroatoms. The van der Waals surface area contributed by atoms with Crippen molar-refractivity contribution in [1.29, 1.82) is 0 Å². The minimum absolute atomic E-state index is 0.0235. The molecule has 18 heavy (non-hydrogen) atoms. The molecule has 2 rings (SSSR count). The van der Waals surface area contributed by atoms with E-state index in [1.54, 1.807) is 7.11 Å². The third-order valence-corrected chi connectivity index (χ3v) is 4.30. The van der Waals surface area contributed by atoms with Gasteiger partial charge in [0.25, 0.3) is 0 Å². The second-order valence-electron chi connectivity index (χ2n) is 6.10. The van der Waals surface area contributed by atoms with Gasteiger partial charge in [0.05, 0.1) is 25.7 Å². The fraction of sp³-hybridized carbons (Fsp3) is 0.600. The molecule has 0 atom stereocenters. The summed E-state index contributed by atoms with van der Waals surface area (Å²) in [5.74, 6) is 1.73. The molecule has 0 aromatic heterocycles. The maximum atomic E-state index is 5.51. The zero-order valence-electron chi connectivity index (χ0n) is 11.6. The number of methoxy groups -OCH3 is 1. The molecule has 0 spiro atoms. The van der Waals surface area contributed by atoms with Crippen LogP contribution in [0.3, 0.4) is 0 Å². The van der Waals surface area contributed by atoms with Crippen LogP contribution in [0.1, 0.15) is 31.9 Å². The number of thiol groups is 1. The molecule has 1 aliphatic heterocycles. The number of hydrogen-bond donors (Lipinski definition) is 1. The first-order valence-corrected chi connectivity index (χ1v) is 6.94. The summed E-state index contributed by atoms with van der Waals surface area (Å²) in [6, 6.07) is 6.48. The molecule has 1 aromatic rings. The minimum atomic E-state index is 0.0235. The molecule has 1 fully saturated rings. The van der Waals surface area contributed by atoms with E-state index >= 15 is 0 Å². The van der Waals surface area contributed by atoms with Gasteiger partial charge in [0.1, 0.15) is 5.75 Å². The monoisotopic (exact) mass is 266 g/mol. The van der Waals surface area contributed by atoms with Crippen LogP contribution in [0.15, 0.2) is 18.2 Å². The van der Waals surface area contributed by atoms with Crippen molar-refractivity contribution in [3.05, 3.63) is 29.3 Å². The van der Waals surface area contributed by atoms with Gasteiger partial charge in [-0.15, -0.1) is 0 Å². The van der Waals surface area contributed by atoms with Gasteiger partial charge in [-0.3, -0.25) is 0 Å². The Kier molecular flexibility index (Phi) is 3.65. The fourth-order valence-corrected chi connectivity index (χ4v) is 2.62. The summed E-state index contributed by atoms with van der Waals surface area (Å²) in [6.45, 7) is 8.15. The van der Waals surface area contributed by atoms with Crippen LogP contribution < -0.4 is 4.74 Å². The Labute approximate surface area is 115 Å². The first-order valence-electron chi connectivity index (χ1n) is 6.30. The minimum Gasteiger partial charge on any atom is -0.496 e. The third-order valence-electron chi connectivity index (χ3n) is 3.70. The number of rotatable bonds is 3. The van der Waals surface area contributed by atoms with Crippen LogP contribution in [0.25, 0.3) is 0 Å². The first-order chi connectivity index (χ1) is 8.43. The molecule has 0 amide bonds. The average molecular weight is 266 g/mol. The van der Waals surface area contributed by atoms with Crippen molar-refractivity contribution in [2.24, 2.45) is 0 Å². The van der Waals surface area contributed by atoms with Crippen LogP contribution in [-0.4, -0.2) is 26.1 Å². The van der Waals surface area contributed by atoms with Gasteiger partial charge < -0.3 is 9.47 Å². The van der Waals surface area contributed by atoms with Crippen molar-refractivity contribution in [3.63, 3.8) is 0 Å². The Bertz CT molecular complexity index is 425. The van der Waals surface area contributed by atoms with Crippen molar-refractivity contribution >= 4 is 12.6 Å². The predicted molar refractivity (Wildman–Crippen MR) is 78.0 cm³/mol. The molecular formula is C15H22O2S. The SMILES string of the molecule is COc1ccc(C(C)(C)C)cc1C1(CS)COC1. The van der Waals surface area contributed by atoms with Gasteiger partial charge in [-0.1, -0.05) is 32.9 Å². The smallest absolute Gasteiger partial charge is 0.122 e. The zero-order chi connectivity index (χ0) is 13.4. The molecular weight excluding hydrogens is 244 g/mol. The fourth-order valence-electron chi connectivity index (χ4n) is 2.27. The van der Waals surface area contributed by atoms with Crippen molar-refractivity contribution in [2.75, 3.05) is 26.1 Å². The lowest BCUT2D eigenvalue weighted by Crippen LogP contribution is -2.48. The highest BCUT2D eigenvalue weighted by atomic mass is 32.1. The van der Waals surface area contributed by atoms with E-state index in [1.165, 1.54) is 11.1 Å². The molecule has 100 valence electrons. The van der Waals surface area contributed by atoms with E-state index in [4.69, 9.17) is 9.47 Å². The van der Waals surface area contributed by atoms with Crippen LogP contribution in [0, 0.1) is 0 Å². The van der Waals surface area contributed by atoms with E-state index in [0.717, 1.165) is 24.7 Å². The van der Waals surface area contributed by atoms with Crippen molar-refractivity contribution < 1.29 is 9.47 Å². The molecule has 0 bridgehead atoms. The quantitative estimate of drug-likeness (QED) is 0.847. The molecule has 2 nitrogen and oxygen atoms in total. The van der Waals surface area contributed by atoms with Gasteiger partial charge in [0.15, 0.2) is 0 Å². The van der Waals surface area contributed by atoms with Crippen LogP contribution >= 0.6 is 12.6 Å². The van der Waals surface area contributed by atoms with Crippen LogP contribution in [0.2, 0.25) is 0 Å². The summed E-state index contributed by atoms with van der Waals surface area (Å²) in [6.07, 6.45) is 0. The van der Waals surface area contributed by atoms with E-state index < -0.39 is 0 Å². The summed E-state index contributed by atoms with van der Waals surface area (Å²) in [5, 5.41) is 0. The van der Waals surface area contributed by atoms with Crippen LogP contribution in [-0.2, 0) is 15.6 Å². The maximum Gasteiger partial charge on any atom is 0.122 e. The standard InChI is InChI=1S/C15H22O2S/c1-14(2,3)11-5-6-13(16-4)12(7-11)15(10-18)8-17-9-15/h5-7,18H,8-10H2,1-4H3. The summed E-state index contributed by atoms with van der Waals surface area (Å²) in [5.41, 5.74) is 2.73. The lowest BCUT2D eigenvalue weighted by Gasteiger charge is -2.42. The topological polar surface area (TPSA) is 18.5 Å². The Morgan fingerprint density at radius 2 is 2.00 bits per heavy atom.